The van der Waals surface area contributed by atoms with Crippen molar-refractivity contribution >= 4 is 29.2 Å². The molecule has 0 bridgehead atoms. The predicted molar refractivity (Wildman–Crippen MR) is 114 cm³/mol. The van der Waals surface area contributed by atoms with Crippen LogP contribution in [0.15, 0.2) is 42.5 Å². The molecule has 1 fully saturated rings. The lowest BCUT2D eigenvalue weighted by atomic mass is 9.96. The second-order valence-corrected chi connectivity index (χ2v) is 7.39. The zero-order valence-electron chi connectivity index (χ0n) is 17.2. The van der Waals surface area contributed by atoms with Gasteiger partial charge in [0.2, 0.25) is 0 Å². The van der Waals surface area contributed by atoms with E-state index in [2.05, 4.69) is 5.32 Å². The van der Waals surface area contributed by atoms with Crippen molar-refractivity contribution in [2.75, 3.05) is 29.9 Å². The molecular formula is C23H26N2O5. The number of rotatable bonds is 6. The molecule has 2 N–H and O–H groups in total. The molecular weight excluding hydrogens is 384 g/mol. The molecule has 7 heteroatoms. The lowest BCUT2D eigenvalue weighted by Gasteiger charge is -2.34. The highest BCUT2D eigenvalue weighted by Crippen LogP contribution is 2.29. The molecule has 1 aliphatic heterocycles. The van der Waals surface area contributed by atoms with E-state index >= 15 is 0 Å². The quantitative estimate of drug-likeness (QED) is 0.705. The second-order valence-electron chi connectivity index (χ2n) is 7.39. The van der Waals surface area contributed by atoms with Crippen molar-refractivity contribution in [3.05, 3.63) is 59.2 Å². The first kappa shape index (κ1) is 21.4. The van der Waals surface area contributed by atoms with Gasteiger partial charge in [-0.2, -0.15) is 0 Å². The lowest BCUT2D eigenvalue weighted by Crippen LogP contribution is -2.40. The maximum atomic E-state index is 12.5. The van der Waals surface area contributed by atoms with Crippen LogP contribution >= 0.6 is 0 Å². The summed E-state index contributed by atoms with van der Waals surface area (Å²) in [4.78, 5) is 38.4. The number of anilines is 2. The van der Waals surface area contributed by atoms with E-state index in [9.17, 15) is 19.5 Å². The van der Waals surface area contributed by atoms with Gasteiger partial charge in [-0.15, -0.1) is 0 Å². The number of carboxylic acid groups (broad SMARTS) is 1. The fraction of sp³-hybridized carbons (Fsp3) is 0.348. The predicted octanol–water partition coefficient (Wildman–Crippen LogP) is 3.73. The van der Waals surface area contributed by atoms with Gasteiger partial charge < -0.3 is 20.1 Å². The fourth-order valence-corrected chi connectivity index (χ4v) is 3.62. The number of hydrogen-bond acceptors (Lipinski definition) is 5. The van der Waals surface area contributed by atoms with Gasteiger partial charge in [0, 0.05) is 24.3 Å². The van der Waals surface area contributed by atoms with Gasteiger partial charge in [-0.05, 0) is 57.0 Å². The Balaban J connectivity index is 1.79. The van der Waals surface area contributed by atoms with Crippen molar-refractivity contribution in [2.45, 2.75) is 26.7 Å². The number of carbonyl (C=O) groups is 3. The SMILES string of the molecule is CCOC(=O)[C@H]1CCCN(c2ccc(NC(=O)c3ccc(C)cc3)cc2C(=O)O)C1. The number of piperidine rings is 1. The summed E-state index contributed by atoms with van der Waals surface area (Å²) in [7, 11) is 0. The van der Waals surface area contributed by atoms with Crippen LogP contribution in [0.1, 0.15) is 46.0 Å². The topological polar surface area (TPSA) is 95.9 Å². The van der Waals surface area contributed by atoms with Crippen LogP contribution in [0.5, 0.6) is 0 Å². The van der Waals surface area contributed by atoms with Crippen molar-refractivity contribution in [2.24, 2.45) is 5.92 Å². The van der Waals surface area contributed by atoms with Crippen molar-refractivity contribution in [3.63, 3.8) is 0 Å². The van der Waals surface area contributed by atoms with Gasteiger partial charge in [0.1, 0.15) is 0 Å². The summed E-state index contributed by atoms with van der Waals surface area (Å²) in [5.74, 6) is -1.92. The Morgan fingerprint density at radius 1 is 1.17 bits per heavy atom. The number of amides is 1. The Hall–Kier alpha value is -3.35. The molecule has 1 atom stereocenters. The Labute approximate surface area is 175 Å². The van der Waals surface area contributed by atoms with E-state index < -0.39 is 5.97 Å². The minimum Gasteiger partial charge on any atom is -0.478 e. The van der Waals surface area contributed by atoms with Crippen LogP contribution in [0.4, 0.5) is 11.4 Å². The lowest BCUT2D eigenvalue weighted by molar-refractivity contribution is -0.148. The number of carboxylic acids is 1. The van der Waals surface area contributed by atoms with E-state index in [0.717, 1.165) is 18.4 Å². The Morgan fingerprint density at radius 2 is 1.90 bits per heavy atom. The van der Waals surface area contributed by atoms with Crippen molar-refractivity contribution in [1.29, 1.82) is 0 Å². The van der Waals surface area contributed by atoms with E-state index in [1.54, 1.807) is 31.2 Å². The number of benzene rings is 2. The van der Waals surface area contributed by atoms with Crippen LogP contribution in [-0.2, 0) is 9.53 Å². The normalized spacial score (nSPS) is 16.1. The molecule has 1 saturated heterocycles. The average molecular weight is 410 g/mol. The van der Waals surface area contributed by atoms with Gasteiger partial charge in [0.15, 0.2) is 0 Å². The first-order valence-corrected chi connectivity index (χ1v) is 10.1. The largest absolute Gasteiger partial charge is 0.478 e. The van der Waals surface area contributed by atoms with Gasteiger partial charge in [-0.25, -0.2) is 4.79 Å². The molecule has 2 aromatic rings. The number of aromatic carboxylic acids is 1. The summed E-state index contributed by atoms with van der Waals surface area (Å²) in [6, 6.07) is 12.0. The number of aryl methyl sites for hydroxylation is 1. The molecule has 1 aliphatic rings. The van der Waals surface area contributed by atoms with Crippen LogP contribution in [0.3, 0.4) is 0 Å². The van der Waals surface area contributed by atoms with Gasteiger partial charge in [0.25, 0.3) is 5.91 Å². The molecule has 1 amide bonds. The molecule has 0 spiro atoms. The molecule has 30 heavy (non-hydrogen) atoms. The Bertz CT molecular complexity index is 939. The van der Waals surface area contributed by atoms with Crippen LogP contribution in [0, 0.1) is 12.8 Å². The number of esters is 1. The maximum Gasteiger partial charge on any atom is 0.337 e. The minimum atomic E-state index is -1.09. The van der Waals surface area contributed by atoms with Crippen molar-refractivity contribution in [1.82, 2.24) is 0 Å². The fourth-order valence-electron chi connectivity index (χ4n) is 3.62. The van der Waals surface area contributed by atoms with E-state index in [1.807, 2.05) is 24.0 Å². The third-order valence-electron chi connectivity index (χ3n) is 5.18. The number of ether oxygens (including phenoxy) is 1. The number of carbonyl (C=O) groups excluding carboxylic acids is 2. The molecule has 158 valence electrons. The van der Waals surface area contributed by atoms with E-state index in [1.165, 1.54) is 6.07 Å². The first-order chi connectivity index (χ1) is 14.4. The van der Waals surface area contributed by atoms with Gasteiger partial charge in [-0.3, -0.25) is 9.59 Å². The van der Waals surface area contributed by atoms with Crippen LogP contribution in [0.25, 0.3) is 0 Å². The zero-order valence-corrected chi connectivity index (χ0v) is 17.2. The highest BCUT2D eigenvalue weighted by molar-refractivity contribution is 6.05. The van der Waals surface area contributed by atoms with Crippen molar-refractivity contribution in [3.8, 4) is 0 Å². The smallest absolute Gasteiger partial charge is 0.337 e. The highest BCUT2D eigenvalue weighted by atomic mass is 16.5. The second kappa shape index (κ2) is 9.43. The van der Waals surface area contributed by atoms with Crippen LogP contribution < -0.4 is 10.2 Å². The third kappa shape index (κ3) is 4.97. The molecule has 3 rings (SSSR count). The molecule has 0 aromatic heterocycles. The minimum absolute atomic E-state index is 0.0845. The summed E-state index contributed by atoms with van der Waals surface area (Å²) < 4.78 is 5.13. The molecule has 1 heterocycles. The standard InChI is InChI=1S/C23H26N2O5/c1-3-30-23(29)17-5-4-12-25(14-17)20-11-10-18(13-19(20)22(27)28)24-21(26)16-8-6-15(2)7-9-16/h6-11,13,17H,3-5,12,14H2,1-2H3,(H,24,26)(H,27,28)/t17-/m0/s1. The Morgan fingerprint density at radius 3 is 2.57 bits per heavy atom. The number of nitrogens with zero attached hydrogens (tertiary/aromatic N) is 1. The van der Waals surface area contributed by atoms with Gasteiger partial charge in [-0.1, -0.05) is 17.7 Å². The summed E-state index contributed by atoms with van der Waals surface area (Å²) >= 11 is 0. The van der Waals surface area contributed by atoms with Crippen LogP contribution in [0.2, 0.25) is 0 Å². The summed E-state index contributed by atoms with van der Waals surface area (Å²) in [6.07, 6.45) is 1.50. The summed E-state index contributed by atoms with van der Waals surface area (Å²) in [5, 5.41) is 12.5. The van der Waals surface area contributed by atoms with E-state index in [-0.39, 0.29) is 23.4 Å². The van der Waals surface area contributed by atoms with Gasteiger partial charge in [0.05, 0.1) is 23.8 Å². The molecule has 7 nitrogen and oxygen atoms in total. The number of nitrogens with one attached hydrogen (secondary N) is 1. The zero-order chi connectivity index (χ0) is 21.7. The average Bonchev–Trinajstić information content (AvgIpc) is 2.74. The molecule has 0 unspecified atom stereocenters. The molecule has 0 aliphatic carbocycles. The highest BCUT2D eigenvalue weighted by Gasteiger charge is 2.29. The molecule has 2 aromatic carbocycles. The van der Waals surface area contributed by atoms with Crippen molar-refractivity contribution < 1.29 is 24.2 Å². The Kier molecular flexibility index (Phi) is 6.72. The third-order valence-corrected chi connectivity index (χ3v) is 5.18. The molecule has 0 saturated carbocycles. The number of hydrogen-bond donors (Lipinski definition) is 2. The van der Waals surface area contributed by atoms with E-state index in [4.69, 9.17) is 4.74 Å². The van der Waals surface area contributed by atoms with E-state index in [0.29, 0.717) is 36.6 Å². The van der Waals surface area contributed by atoms with Gasteiger partial charge >= 0.3 is 11.9 Å². The monoisotopic (exact) mass is 410 g/mol. The van der Waals surface area contributed by atoms with Crippen LogP contribution in [-0.4, -0.2) is 42.6 Å². The first-order valence-electron chi connectivity index (χ1n) is 10.1. The maximum absolute atomic E-state index is 12.5. The summed E-state index contributed by atoms with van der Waals surface area (Å²) in [6.45, 7) is 5.10. The summed E-state index contributed by atoms with van der Waals surface area (Å²) in [5.41, 5.74) is 2.56. The molecule has 0 radical (unpaired) electrons.